The third-order valence-electron chi connectivity index (χ3n) is 6.52. The van der Waals surface area contributed by atoms with Gasteiger partial charge < -0.3 is 15.5 Å². The van der Waals surface area contributed by atoms with Crippen molar-refractivity contribution in [3.63, 3.8) is 0 Å². The van der Waals surface area contributed by atoms with Crippen molar-refractivity contribution < 1.29 is 4.79 Å². The number of carbonyl (C=O) groups is 1. The summed E-state index contributed by atoms with van der Waals surface area (Å²) in [6.07, 6.45) is 8.53. The number of hydrogen-bond donors (Lipinski definition) is 2. The zero-order valence-electron chi connectivity index (χ0n) is 14.7. The summed E-state index contributed by atoms with van der Waals surface area (Å²) in [5.41, 5.74) is 2.44. The standard InChI is InChI=1S/C20H29N3O/c1-23(15-6-2-3-7-15)18-9-5-4-8-17(18)22-19(24)16-14-20(16)10-12-21-13-11-20/h4-5,8-9,15-16,21H,2-3,6-7,10-14H2,1H3,(H,22,24). The molecule has 0 bridgehead atoms. The normalized spacial score (nSPS) is 25.6. The zero-order chi connectivity index (χ0) is 16.6. The molecule has 0 radical (unpaired) electrons. The number of amides is 1. The Labute approximate surface area is 145 Å². The van der Waals surface area contributed by atoms with Crippen LogP contribution in [0.25, 0.3) is 0 Å². The number of rotatable bonds is 4. The van der Waals surface area contributed by atoms with Gasteiger partial charge in [-0.25, -0.2) is 0 Å². The second-order valence-corrected chi connectivity index (χ2v) is 7.92. The molecular weight excluding hydrogens is 298 g/mol. The van der Waals surface area contributed by atoms with Crippen LogP contribution in [0.2, 0.25) is 0 Å². The summed E-state index contributed by atoms with van der Waals surface area (Å²) in [5.74, 6) is 0.439. The van der Waals surface area contributed by atoms with E-state index >= 15 is 0 Å². The number of nitrogens with zero attached hydrogens (tertiary/aromatic N) is 1. The summed E-state index contributed by atoms with van der Waals surface area (Å²) >= 11 is 0. The summed E-state index contributed by atoms with van der Waals surface area (Å²) in [7, 11) is 2.17. The Morgan fingerprint density at radius 2 is 1.92 bits per heavy atom. The van der Waals surface area contributed by atoms with Gasteiger partial charge in [-0.1, -0.05) is 25.0 Å². The molecule has 2 saturated carbocycles. The largest absolute Gasteiger partial charge is 0.370 e. The lowest BCUT2D eigenvalue weighted by Gasteiger charge is -2.29. The number of carbonyl (C=O) groups excluding carboxylic acids is 1. The molecule has 1 heterocycles. The number of benzene rings is 1. The van der Waals surface area contributed by atoms with E-state index in [4.69, 9.17) is 0 Å². The molecule has 4 nitrogen and oxygen atoms in total. The fourth-order valence-electron chi connectivity index (χ4n) is 4.79. The Morgan fingerprint density at radius 1 is 1.21 bits per heavy atom. The second kappa shape index (κ2) is 6.40. The fraction of sp³-hybridized carbons (Fsp3) is 0.650. The minimum atomic E-state index is 0.212. The van der Waals surface area contributed by atoms with Crippen LogP contribution in [0.15, 0.2) is 24.3 Å². The Bertz CT molecular complexity index is 603. The molecule has 1 unspecified atom stereocenters. The first-order valence-corrected chi connectivity index (χ1v) is 9.53. The third-order valence-corrected chi connectivity index (χ3v) is 6.52. The lowest BCUT2D eigenvalue weighted by Crippen LogP contribution is -2.32. The molecule has 24 heavy (non-hydrogen) atoms. The first-order valence-electron chi connectivity index (χ1n) is 9.53. The molecule has 4 heteroatoms. The van der Waals surface area contributed by atoms with Gasteiger partial charge in [-0.15, -0.1) is 0 Å². The van der Waals surface area contributed by atoms with Gasteiger partial charge in [0.25, 0.3) is 0 Å². The predicted molar refractivity (Wildman–Crippen MR) is 98.4 cm³/mol. The maximum absolute atomic E-state index is 12.8. The quantitative estimate of drug-likeness (QED) is 0.891. The molecule has 2 aliphatic carbocycles. The average molecular weight is 327 g/mol. The number of nitrogens with one attached hydrogen (secondary N) is 2. The van der Waals surface area contributed by atoms with Crippen molar-refractivity contribution in [2.45, 2.75) is 51.0 Å². The second-order valence-electron chi connectivity index (χ2n) is 7.92. The molecule has 2 N–H and O–H groups in total. The minimum absolute atomic E-state index is 0.212. The van der Waals surface area contributed by atoms with Gasteiger partial charge in [0.05, 0.1) is 11.4 Å². The number of anilines is 2. The molecule has 3 aliphatic rings. The van der Waals surface area contributed by atoms with Crippen molar-refractivity contribution in [1.82, 2.24) is 5.32 Å². The SMILES string of the molecule is CN(c1ccccc1NC(=O)C1CC12CCNCC2)C1CCCC1. The maximum Gasteiger partial charge on any atom is 0.228 e. The highest BCUT2D eigenvalue weighted by atomic mass is 16.2. The van der Waals surface area contributed by atoms with Crippen molar-refractivity contribution in [2.75, 3.05) is 30.4 Å². The number of piperidine rings is 1. The average Bonchev–Trinajstić information content (AvgIpc) is 3.05. The van der Waals surface area contributed by atoms with Crippen LogP contribution in [0.5, 0.6) is 0 Å². The third kappa shape index (κ3) is 2.92. The van der Waals surface area contributed by atoms with Crippen LogP contribution < -0.4 is 15.5 Å². The molecule has 1 saturated heterocycles. The van der Waals surface area contributed by atoms with Crippen molar-refractivity contribution in [1.29, 1.82) is 0 Å². The molecule has 4 rings (SSSR count). The Balaban J connectivity index is 1.46. The first kappa shape index (κ1) is 15.9. The van der Waals surface area contributed by atoms with E-state index in [1.807, 2.05) is 6.07 Å². The van der Waals surface area contributed by atoms with Crippen LogP contribution in [0.1, 0.15) is 44.9 Å². The first-order chi connectivity index (χ1) is 11.7. The Kier molecular flexibility index (Phi) is 4.25. The minimum Gasteiger partial charge on any atom is -0.370 e. The molecule has 130 valence electrons. The highest BCUT2D eigenvalue weighted by Crippen LogP contribution is 2.58. The van der Waals surface area contributed by atoms with Crippen molar-refractivity contribution in [2.24, 2.45) is 11.3 Å². The molecule has 1 amide bonds. The molecule has 1 aliphatic heterocycles. The monoisotopic (exact) mass is 327 g/mol. The van der Waals surface area contributed by atoms with E-state index in [0.29, 0.717) is 11.5 Å². The Hall–Kier alpha value is -1.55. The Morgan fingerprint density at radius 3 is 2.67 bits per heavy atom. The van der Waals surface area contributed by atoms with Crippen molar-refractivity contribution in [3.8, 4) is 0 Å². The topological polar surface area (TPSA) is 44.4 Å². The molecule has 1 aromatic carbocycles. The van der Waals surface area contributed by atoms with Crippen LogP contribution in [0, 0.1) is 11.3 Å². The highest BCUT2D eigenvalue weighted by molar-refractivity contribution is 5.98. The molecule has 3 fully saturated rings. The maximum atomic E-state index is 12.8. The molecule has 1 atom stereocenters. The summed E-state index contributed by atoms with van der Waals surface area (Å²) in [5, 5.41) is 6.65. The summed E-state index contributed by atoms with van der Waals surface area (Å²) in [6, 6.07) is 8.90. The van der Waals surface area contributed by atoms with Crippen molar-refractivity contribution in [3.05, 3.63) is 24.3 Å². The van der Waals surface area contributed by atoms with Gasteiger partial charge in [-0.05, 0) is 62.7 Å². The lowest BCUT2D eigenvalue weighted by molar-refractivity contribution is -0.118. The van der Waals surface area contributed by atoms with E-state index in [0.717, 1.165) is 43.7 Å². The molecular formula is C20H29N3O. The van der Waals surface area contributed by atoms with Gasteiger partial charge in [-0.3, -0.25) is 4.79 Å². The lowest BCUT2D eigenvalue weighted by atomic mass is 9.92. The van der Waals surface area contributed by atoms with E-state index in [1.165, 1.54) is 25.7 Å². The van der Waals surface area contributed by atoms with E-state index in [-0.39, 0.29) is 11.8 Å². The molecule has 1 spiro atoms. The van der Waals surface area contributed by atoms with E-state index in [1.54, 1.807) is 0 Å². The van der Waals surface area contributed by atoms with Gasteiger partial charge in [0.15, 0.2) is 0 Å². The van der Waals surface area contributed by atoms with Crippen LogP contribution >= 0.6 is 0 Å². The summed E-state index contributed by atoms with van der Waals surface area (Å²) < 4.78 is 0. The van der Waals surface area contributed by atoms with Crippen molar-refractivity contribution >= 4 is 17.3 Å². The molecule has 0 aromatic heterocycles. The van der Waals surface area contributed by atoms with Crippen LogP contribution in [-0.2, 0) is 4.79 Å². The van der Waals surface area contributed by atoms with Gasteiger partial charge >= 0.3 is 0 Å². The number of para-hydroxylation sites is 2. The van der Waals surface area contributed by atoms with Crippen LogP contribution in [0.3, 0.4) is 0 Å². The number of hydrogen-bond acceptors (Lipinski definition) is 3. The van der Waals surface area contributed by atoms with Gasteiger partial charge in [0, 0.05) is 19.0 Å². The van der Waals surface area contributed by atoms with Gasteiger partial charge in [-0.2, -0.15) is 0 Å². The van der Waals surface area contributed by atoms with E-state index in [2.05, 4.69) is 40.8 Å². The van der Waals surface area contributed by atoms with Gasteiger partial charge in [0.2, 0.25) is 5.91 Å². The van der Waals surface area contributed by atoms with Gasteiger partial charge in [0.1, 0.15) is 0 Å². The van der Waals surface area contributed by atoms with Crippen LogP contribution in [-0.4, -0.2) is 32.1 Å². The predicted octanol–water partition coefficient (Wildman–Crippen LogP) is 3.39. The van der Waals surface area contributed by atoms with E-state index < -0.39 is 0 Å². The van der Waals surface area contributed by atoms with Crippen LogP contribution in [0.4, 0.5) is 11.4 Å². The summed E-state index contributed by atoms with van der Waals surface area (Å²) in [6.45, 7) is 2.12. The fourth-order valence-corrected chi connectivity index (χ4v) is 4.79. The highest BCUT2D eigenvalue weighted by Gasteiger charge is 2.57. The zero-order valence-corrected chi connectivity index (χ0v) is 14.7. The summed E-state index contributed by atoms with van der Waals surface area (Å²) in [4.78, 5) is 15.2. The van der Waals surface area contributed by atoms with E-state index in [9.17, 15) is 4.79 Å². The molecule has 1 aromatic rings. The smallest absolute Gasteiger partial charge is 0.228 e.